The molecule has 0 heterocycles. The van der Waals surface area contributed by atoms with Crippen molar-refractivity contribution >= 4 is 11.7 Å². The lowest BCUT2D eigenvalue weighted by Crippen LogP contribution is -2.28. The van der Waals surface area contributed by atoms with Crippen molar-refractivity contribution in [2.24, 2.45) is 10.9 Å². The number of hydrogen-bond acceptors (Lipinski definition) is 4. The fourth-order valence-corrected chi connectivity index (χ4v) is 1.52. The van der Waals surface area contributed by atoms with Gasteiger partial charge in [-0.25, -0.2) is 0 Å². The van der Waals surface area contributed by atoms with Crippen LogP contribution in [0.15, 0.2) is 29.4 Å². The van der Waals surface area contributed by atoms with E-state index < -0.39 is 0 Å². The van der Waals surface area contributed by atoms with Crippen LogP contribution in [0.1, 0.15) is 18.4 Å². The van der Waals surface area contributed by atoms with E-state index in [1.807, 2.05) is 24.3 Å². The number of hydrogen-bond donors (Lipinski definition) is 3. The molecule has 6 nitrogen and oxygen atoms in total. The van der Waals surface area contributed by atoms with Gasteiger partial charge < -0.3 is 21.0 Å². The van der Waals surface area contributed by atoms with Crippen molar-refractivity contribution < 1.29 is 14.7 Å². The molecule has 0 aromatic heterocycles. The van der Waals surface area contributed by atoms with Crippen molar-refractivity contribution in [2.45, 2.75) is 19.3 Å². The highest BCUT2D eigenvalue weighted by Crippen LogP contribution is 2.12. The molecule has 0 bridgehead atoms. The van der Waals surface area contributed by atoms with Crippen LogP contribution in [-0.4, -0.2) is 30.6 Å². The molecule has 4 N–H and O–H groups in total. The molecule has 0 saturated carbocycles. The fraction of sp³-hybridized carbons (Fsp3) is 0.385. The minimum atomic E-state index is -0.0541. The Morgan fingerprint density at radius 2 is 2.05 bits per heavy atom. The van der Waals surface area contributed by atoms with Gasteiger partial charge in [0.15, 0.2) is 0 Å². The molecule has 0 spiro atoms. The molecule has 0 aliphatic carbocycles. The normalized spacial score (nSPS) is 11.1. The second kappa shape index (κ2) is 7.97. The van der Waals surface area contributed by atoms with Crippen molar-refractivity contribution in [1.82, 2.24) is 5.32 Å². The second-order valence-electron chi connectivity index (χ2n) is 4.04. The van der Waals surface area contributed by atoms with E-state index in [1.165, 1.54) is 0 Å². The number of rotatable bonds is 7. The van der Waals surface area contributed by atoms with Gasteiger partial charge >= 0.3 is 0 Å². The van der Waals surface area contributed by atoms with Gasteiger partial charge in [-0.3, -0.25) is 4.79 Å². The summed E-state index contributed by atoms with van der Waals surface area (Å²) in [6.07, 6.45) is 1.41. The lowest BCUT2D eigenvalue weighted by molar-refractivity contribution is -0.121. The standard InChI is InChI=1S/C13H19N3O3/c1-19-11-5-2-10(3-6-11)4-7-13(17)15-9-8-12(14)16-18/h2-3,5-6,18H,4,7-9H2,1H3,(H2,14,16)(H,15,17). The Morgan fingerprint density at radius 1 is 1.37 bits per heavy atom. The third kappa shape index (κ3) is 5.76. The van der Waals surface area contributed by atoms with Crippen LogP contribution in [0.3, 0.4) is 0 Å². The minimum Gasteiger partial charge on any atom is -0.497 e. The first kappa shape index (κ1) is 14.8. The van der Waals surface area contributed by atoms with Crippen molar-refractivity contribution in [3.8, 4) is 5.75 Å². The number of nitrogens with one attached hydrogen (secondary N) is 1. The van der Waals surface area contributed by atoms with E-state index in [2.05, 4.69) is 10.5 Å². The zero-order chi connectivity index (χ0) is 14.1. The van der Waals surface area contributed by atoms with Gasteiger partial charge in [-0.1, -0.05) is 17.3 Å². The molecule has 1 rings (SSSR count). The summed E-state index contributed by atoms with van der Waals surface area (Å²) in [5.74, 6) is 0.851. The molecule has 0 radical (unpaired) electrons. The topological polar surface area (TPSA) is 96.9 Å². The number of benzene rings is 1. The molecule has 0 aliphatic heterocycles. The molecule has 0 atom stereocenters. The smallest absolute Gasteiger partial charge is 0.220 e. The van der Waals surface area contributed by atoms with Crippen LogP contribution in [0.2, 0.25) is 0 Å². The van der Waals surface area contributed by atoms with E-state index in [0.717, 1.165) is 11.3 Å². The number of nitrogens with zero attached hydrogens (tertiary/aromatic N) is 1. The summed E-state index contributed by atoms with van der Waals surface area (Å²) < 4.78 is 5.06. The highest BCUT2D eigenvalue weighted by molar-refractivity contribution is 5.81. The average Bonchev–Trinajstić information content (AvgIpc) is 2.45. The maximum atomic E-state index is 11.5. The molecule has 104 valence electrons. The Labute approximate surface area is 112 Å². The summed E-state index contributed by atoms with van der Waals surface area (Å²) >= 11 is 0. The SMILES string of the molecule is COc1ccc(CCC(=O)NCCC(N)=NO)cc1. The van der Waals surface area contributed by atoms with Crippen molar-refractivity contribution in [3.63, 3.8) is 0 Å². The highest BCUT2D eigenvalue weighted by atomic mass is 16.5. The number of aryl methyl sites for hydroxylation is 1. The fourth-order valence-electron chi connectivity index (χ4n) is 1.52. The largest absolute Gasteiger partial charge is 0.497 e. The number of amidine groups is 1. The maximum absolute atomic E-state index is 11.5. The first-order valence-electron chi connectivity index (χ1n) is 6.01. The lowest BCUT2D eigenvalue weighted by Gasteiger charge is -2.05. The van der Waals surface area contributed by atoms with E-state index in [1.54, 1.807) is 7.11 Å². The summed E-state index contributed by atoms with van der Waals surface area (Å²) in [4.78, 5) is 11.5. The van der Waals surface area contributed by atoms with Crippen LogP contribution in [0.4, 0.5) is 0 Å². The predicted octanol–water partition coefficient (Wildman–Crippen LogP) is 0.881. The lowest BCUT2D eigenvalue weighted by atomic mass is 10.1. The number of amides is 1. The Bertz CT molecular complexity index is 429. The van der Waals surface area contributed by atoms with Crippen molar-refractivity contribution in [3.05, 3.63) is 29.8 Å². The Hall–Kier alpha value is -2.24. The van der Waals surface area contributed by atoms with E-state index >= 15 is 0 Å². The average molecular weight is 265 g/mol. The van der Waals surface area contributed by atoms with Crippen LogP contribution < -0.4 is 15.8 Å². The van der Waals surface area contributed by atoms with E-state index in [-0.39, 0.29) is 11.7 Å². The molecule has 0 aliphatic rings. The van der Waals surface area contributed by atoms with Gasteiger partial charge in [-0.05, 0) is 24.1 Å². The van der Waals surface area contributed by atoms with Gasteiger partial charge in [0.2, 0.25) is 5.91 Å². The van der Waals surface area contributed by atoms with Crippen molar-refractivity contribution in [2.75, 3.05) is 13.7 Å². The number of methoxy groups -OCH3 is 1. The van der Waals surface area contributed by atoms with Gasteiger partial charge in [-0.2, -0.15) is 0 Å². The Balaban J connectivity index is 2.25. The minimum absolute atomic E-state index is 0.0541. The van der Waals surface area contributed by atoms with Gasteiger partial charge in [0.25, 0.3) is 0 Å². The number of oxime groups is 1. The molecular weight excluding hydrogens is 246 g/mol. The van der Waals surface area contributed by atoms with Gasteiger partial charge in [0, 0.05) is 19.4 Å². The summed E-state index contributed by atoms with van der Waals surface area (Å²) in [5, 5.41) is 13.9. The summed E-state index contributed by atoms with van der Waals surface area (Å²) in [6.45, 7) is 0.372. The third-order valence-electron chi connectivity index (χ3n) is 2.63. The molecule has 1 aromatic carbocycles. The molecule has 0 unspecified atom stereocenters. The zero-order valence-electron chi connectivity index (χ0n) is 10.9. The zero-order valence-corrected chi connectivity index (χ0v) is 10.9. The first-order valence-corrected chi connectivity index (χ1v) is 6.01. The van der Waals surface area contributed by atoms with E-state index in [0.29, 0.717) is 25.8 Å². The van der Waals surface area contributed by atoms with Crippen molar-refractivity contribution in [1.29, 1.82) is 0 Å². The van der Waals surface area contributed by atoms with Gasteiger partial charge in [0.1, 0.15) is 11.6 Å². The molecule has 1 aromatic rings. The second-order valence-corrected chi connectivity index (χ2v) is 4.04. The Morgan fingerprint density at radius 3 is 2.63 bits per heavy atom. The molecule has 19 heavy (non-hydrogen) atoms. The molecular formula is C13H19N3O3. The molecule has 6 heteroatoms. The predicted molar refractivity (Wildman–Crippen MR) is 72.4 cm³/mol. The highest BCUT2D eigenvalue weighted by Gasteiger charge is 2.03. The number of ether oxygens (including phenoxy) is 1. The van der Waals surface area contributed by atoms with E-state index in [4.69, 9.17) is 15.7 Å². The molecule has 0 fully saturated rings. The summed E-state index contributed by atoms with van der Waals surface area (Å²) in [7, 11) is 1.61. The summed E-state index contributed by atoms with van der Waals surface area (Å²) in [5.41, 5.74) is 6.36. The van der Waals surface area contributed by atoms with Crippen LogP contribution in [0.25, 0.3) is 0 Å². The molecule has 1 amide bonds. The van der Waals surface area contributed by atoms with Crippen LogP contribution in [-0.2, 0) is 11.2 Å². The summed E-state index contributed by atoms with van der Waals surface area (Å²) in [6, 6.07) is 7.60. The van der Waals surface area contributed by atoms with Crippen LogP contribution in [0.5, 0.6) is 5.75 Å². The van der Waals surface area contributed by atoms with Crippen LogP contribution in [0, 0.1) is 0 Å². The molecule has 0 saturated heterocycles. The van der Waals surface area contributed by atoms with Gasteiger partial charge in [0.05, 0.1) is 7.11 Å². The maximum Gasteiger partial charge on any atom is 0.220 e. The van der Waals surface area contributed by atoms with Crippen LogP contribution >= 0.6 is 0 Å². The number of carbonyl (C=O) groups excluding carboxylic acids is 1. The Kier molecular flexibility index (Phi) is 6.21. The monoisotopic (exact) mass is 265 g/mol. The number of nitrogens with two attached hydrogens (primary N) is 1. The first-order chi connectivity index (χ1) is 9.15. The van der Waals surface area contributed by atoms with E-state index in [9.17, 15) is 4.79 Å². The third-order valence-corrected chi connectivity index (χ3v) is 2.63. The van der Waals surface area contributed by atoms with Gasteiger partial charge in [-0.15, -0.1) is 0 Å². The quantitative estimate of drug-likeness (QED) is 0.295. The number of carbonyl (C=O) groups is 1.